The number of carbonyl (C=O) groups is 1. The number of amides is 1. The summed E-state index contributed by atoms with van der Waals surface area (Å²) in [6, 6.07) is 0. The molecule has 0 spiro atoms. The Kier molecular flexibility index (Phi) is 70.5. The fourth-order valence-corrected chi connectivity index (χ4v) is 0.340. The average molecular weight is 301 g/mol. The van der Waals surface area contributed by atoms with Crippen LogP contribution in [0.1, 0.15) is 6.42 Å². The Morgan fingerprint density at radius 2 is 1.80 bits per heavy atom. The summed E-state index contributed by atoms with van der Waals surface area (Å²) in [5.74, 6) is -0.358. The van der Waals surface area contributed by atoms with Gasteiger partial charge in [-0.1, -0.05) is 0 Å². The maximum absolute atomic E-state index is 9.54. The number of hydrogen-bond donors (Lipinski definition) is 1. The van der Waals surface area contributed by atoms with Crippen LogP contribution in [0.15, 0.2) is 18.2 Å². The van der Waals surface area contributed by atoms with Crippen LogP contribution >= 0.6 is 0 Å². The third-order valence-corrected chi connectivity index (χ3v) is 1.19. The Morgan fingerprint density at radius 1 is 1.40 bits per heavy atom. The molecular weight excluding hydrogens is 285 g/mol. The minimum atomic E-state index is -0.358. The first-order valence-corrected chi connectivity index (χ1v) is 3.72. The fourth-order valence-electron chi connectivity index (χ4n) is 0.340. The van der Waals surface area contributed by atoms with E-state index in [1.165, 1.54) is 15.5 Å². The second kappa shape index (κ2) is 29.3. The first kappa shape index (κ1) is 36.2. The molecule has 0 saturated carbocycles. The van der Waals surface area contributed by atoms with E-state index in [0.717, 1.165) is 6.42 Å². The number of allylic oxidation sites excluding steroid dienone is 4. The molecule has 2 nitrogen and oxygen atoms in total. The Balaban J connectivity index is -0.0000000202. The SMILES string of the molecule is NC(=O)C=[SiH2].[C-]1=CC=CC1.[CH3-].[CH3-].[Cl-].[Cl-].[Ti+2]. The van der Waals surface area contributed by atoms with Gasteiger partial charge in [-0.3, -0.25) is 10.9 Å². The molecule has 0 unspecified atom stereocenters. The van der Waals surface area contributed by atoms with Gasteiger partial charge in [-0.15, -0.1) is 6.42 Å². The van der Waals surface area contributed by atoms with Crippen molar-refractivity contribution >= 4 is 21.4 Å². The van der Waals surface area contributed by atoms with E-state index in [2.05, 4.69) is 17.9 Å². The van der Waals surface area contributed by atoms with Crippen LogP contribution in [-0.4, -0.2) is 21.4 Å². The molecule has 0 fully saturated rings. The summed E-state index contributed by atoms with van der Waals surface area (Å²) in [6.45, 7) is 0. The molecule has 0 aromatic carbocycles. The Morgan fingerprint density at radius 3 is 1.87 bits per heavy atom. The molecule has 0 aromatic heterocycles. The van der Waals surface area contributed by atoms with E-state index in [4.69, 9.17) is 0 Å². The summed E-state index contributed by atoms with van der Waals surface area (Å²) < 4.78 is 0. The third-order valence-electron chi connectivity index (χ3n) is 0.787. The van der Waals surface area contributed by atoms with Gasteiger partial charge in [0, 0.05) is 0 Å². The van der Waals surface area contributed by atoms with Gasteiger partial charge in [-0.2, -0.15) is 6.08 Å². The maximum Gasteiger partial charge on any atom is 2.00 e. The maximum atomic E-state index is 9.54. The number of halogens is 2. The molecule has 6 heteroatoms. The number of primary amides is 1. The Bertz CT molecular complexity index is 177. The molecule has 2 N–H and O–H groups in total. The second-order valence-electron chi connectivity index (χ2n) is 1.61. The minimum absolute atomic E-state index is 0. The van der Waals surface area contributed by atoms with Gasteiger partial charge in [0.15, 0.2) is 0 Å². The van der Waals surface area contributed by atoms with E-state index >= 15 is 0 Å². The molecule has 0 saturated heterocycles. The topological polar surface area (TPSA) is 43.1 Å². The van der Waals surface area contributed by atoms with Gasteiger partial charge in [0.2, 0.25) is 5.91 Å². The predicted molar refractivity (Wildman–Crippen MR) is 58.2 cm³/mol. The van der Waals surface area contributed by atoms with Gasteiger partial charge in [0.1, 0.15) is 0 Å². The molecule has 0 atom stereocenters. The van der Waals surface area contributed by atoms with Gasteiger partial charge in [-0.25, -0.2) is 12.2 Å². The summed E-state index contributed by atoms with van der Waals surface area (Å²) >= 11 is 0. The molecule has 0 radical (unpaired) electrons. The van der Waals surface area contributed by atoms with Crippen molar-refractivity contribution in [2.45, 2.75) is 6.42 Å². The standard InChI is InChI=1S/C5H5.C2H5NOSi.2CH3.2ClH.Ti/c1-2-4-5-3-1;3-2(4)1-5;;;;;/h1-3H,4H2;1H,5H2,(H2,3,4);2*1H3;2*1H;/q-1;;2*-1;;;+2/p-2. The minimum Gasteiger partial charge on any atom is -1.00 e. The number of rotatable bonds is 1. The van der Waals surface area contributed by atoms with E-state index in [1.54, 1.807) is 0 Å². The smallest absolute Gasteiger partial charge is 1.00 e. The van der Waals surface area contributed by atoms with Gasteiger partial charge in [0.25, 0.3) is 0 Å². The zero-order chi connectivity index (χ0) is 7.82. The molecule has 1 amide bonds. The molecule has 0 heterocycles. The van der Waals surface area contributed by atoms with Gasteiger partial charge >= 0.3 is 21.7 Å². The van der Waals surface area contributed by atoms with E-state index in [-0.39, 0.29) is 67.3 Å². The van der Waals surface area contributed by atoms with E-state index in [9.17, 15) is 4.79 Å². The van der Waals surface area contributed by atoms with Gasteiger partial charge in [0.05, 0.1) is 0 Å². The third kappa shape index (κ3) is 40.5. The fraction of sp³-hybridized carbons (Fsp3) is 0.111. The van der Waals surface area contributed by atoms with Crippen LogP contribution in [0.3, 0.4) is 0 Å². The molecule has 0 aromatic rings. The van der Waals surface area contributed by atoms with Crippen LogP contribution in [0, 0.1) is 20.9 Å². The van der Waals surface area contributed by atoms with Gasteiger partial charge in [-0.05, 0) is 15.5 Å². The van der Waals surface area contributed by atoms with E-state index in [0.29, 0.717) is 0 Å². The average Bonchev–Trinajstić information content (AvgIpc) is 2.43. The molecule has 15 heavy (non-hydrogen) atoms. The van der Waals surface area contributed by atoms with Crippen LogP contribution in [0.4, 0.5) is 0 Å². The molecule has 0 aliphatic heterocycles. The van der Waals surface area contributed by atoms with Crippen molar-refractivity contribution in [2.75, 3.05) is 0 Å². The number of hydrogen-bond acceptors (Lipinski definition) is 1. The Hall–Kier alpha value is 0.331. The molecule has 1 aliphatic carbocycles. The predicted octanol–water partition coefficient (Wildman–Crippen LogP) is -5.88. The first-order valence-electron chi connectivity index (χ1n) is 2.91. The number of nitrogens with two attached hydrogens (primary N) is 1. The van der Waals surface area contributed by atoms with Gasteiger partial charge < -0.3 is 45.4 Å². The van der Waals surface area contributed by atoms with Crippen molar-refractivity contribution in [3.63, 3.8) is 0 Å². The van der Waals surface area contributed by atoms with E-state index in [1.807, 2.05) is 12.2 Å². The molecule has 1 rings (SSSR count). The Labute approximate surface area is 124 Å². The monoisotopic (exact) mass is 300 g/mol. The molecule has 0 bridgehead atoms. The number of carbonyl (C=O) groups excluding carboxylic acids is 1. The van der Waals surface area contributed by atoms with E-state index < -0.39 is 0 Å². The van der Waals surface area contributed by atoms with Crippen molar-refractivity contribution in [3.8, 4) is 0 Å². The van der Waals surface area contributed by atoms with Crippen LogP contribution in [0.2, 0.25) is 0 Å². The zero-order valence-electron chi connectivity index (χ0n) is 8.97. The van der Waals surface area contributed by atoms with Crippen LogP contribution in [-0.2, 0) is 26.5 Å². The van der Waals surface area contributed by atoms with Crippen molar-refractivity contribution in [3.05, 3.63) is 39.2 Å². The molecule has 1 aliphatic rings. The second-order valence-corrected chi connectivity index (χ2v) is 2.02. The summed E-state index contributed by atoms with van der Waals surface area (Å²) in [7, 11) is 1.43. The van der Waals surface area contributed by atoms with Crippen molar-refractivity contribution in [1.29, 1.82) is 0 Å². The molecular formula is C9H16Cl2NOSiTi-3. The van der Waals surface area contributed by atoms with Crippen molar-refractivity contribution in [1.82, 2.24) is 0 Å². The zero-order valence-corrected chi connectivity index (χ0v) is 13.5. The quantitative estimate of drug-likeness (QED) is 0.380. The summed E-state index contributed by atoms with van der Waals surface area (Å²) in [5.41, 5.74) is 5.94. The van der Waals surface area contributed by atoms with Crippen molar-refractivity contribution < 1.29 is 51.3 Å². The van der Waals surface area contributed by atoms with Crippen molar-refractivity contribution in [2.24, 2.45) is 5.73 Å². The van der Waals surface area contributed by atoms with Crippen LogP contribution < -0.4 is 30.5 Å². The summed E-state index contributed by atoms with van der Waals surface area (Å²) in [6.07, 6.45) is 10.0. The van der Waals surface area contributed by atoms with Crippen LogP contribution in [0.5, 0.6) is 0 Å². The summed E-state index contributed by atoms with van der Waals surface area (Å²) in [4.78, 5) is 9.54. The van der Waals surface area contributed by atoms with Crippen LogP contribution in [0.25, 0.3) is 0 Å². The largest absolute Gasteiger partial charge is 2.00 e. The molecule has 88 valence electrons. The summed E-state index contributed by atoms with van der Waals surface area (Å²) in [5, 5.41) is 0. The normalized spacial score (nSPS) is 8.00. The first-order chi connectivity index (χ1) is 4.77.